The topological polar surface area (TPSA) is 27.3 Å². The van der Waals surface area contributed by atoms with Gasteiger partial charge in [-0.05, 0) is 51.4 Å². The molecular weight excluding hydrogens is 242 g/mol. The Bertz CT molecular complexity index is 233. The highest BCUT2D eigenvalue weighted by Crippen LogP contribution is 2.15. The number of likely N-dealkylation sites (tertiary alicyclic amines) is 1. The summed E-state index contributed by atoms with van der Waals surface area (Å²) < 4.78 is 0. The summed E-state index contributed by atoms with van der Waals surface area (Å²) in [5, 5.41) is 7.34. The zero-order valence-electron chi connectivity index (χ0n) is 12.0. The molecule has 1 unspecified atom stereocenters. The fourth-order valence-electron chi connectivity index (χ4n) is 2.42. The van der Waals surface area contributed by atoms with E-state index in [9.17, 15) is 0 Å². The largest absolute Gasteiger partial charge is 0.363 e. The Morgan fingerprint density at radius 3 is 2.61 bits per heavy atom. The molecule has 2 N–H and O–H groups in total. The summed E-state index contributed by atoms with van der Waals surface area (Å²) in [5.41, 5.74) is 0. The van der Waals surface area contributed by atoms with Gasteiger partial charge in [0.05, 0.1) is 0 Å². The number of piperidine rings is 1. The summed E-state index contributed by atoms with van der Waals surface area (Å²) in [6.07, 6.45) is 7.72. The molecule has 1 saturated heterocycles. The number of nitrogens with zero attached hydrogens (tertiary/aromatic N) is 1. The molecule has 0 spiro atoms. The minimum Gasteiger partial charge on any atom is -0.363 e. The molecule has 0 bridgehead atoms. The first-order valence-electron chi connectivity index (χ1n) is 7.49. The summed E-state index contributed by atoms with van der Waals surface area (Å²) >= 11 is 5.22. The number of hydrogen-bond donors (Lipinski definition) is 2. The van der Waals surface area contributed by atoms with Crippen LogP contribution in [0.3, 0.4) is 0 Å². The van der Waals surface area contributed by atoms with Crippen molar-refractivity contribution in [2.75, 3.05) is 26.2 Å². The fourth-order valence-corrected chi connectivity index (χ4v) is 2.62. The average molecular weight is 271 g/mol. The summed E-state index contributed by atoms with van der Waals surface area (Å²) in [5.74, 6) is 0. The standard InChI is InChI=1S/C14H29N3S/c1-3-4-9-15-14(18)16-10-7-12-17-11-6-5-8-13(17)2/h13H,3-12H2,1-2H3,(H2,15,16,18). The van der Waals surface area contributed by atoms with Crippen molar-refractivity contribution in [2.24, 2.45) is 0 Å². The third-order valence-corrected chi connectivity index (χ3v) is 3.95. The Balaban J connectivity index is 1.98. The number of rotatable bonds is 7. The van der Waals surface area contributed by atoms with Crippen LogP contribution in [0.25, 0.3) is 0 Å². The zero-order chi connectivity index (χ0) is 13.2. The van der Waals surface area contributed by atoms with Crippen LogP contribution in [0.4, 0.5) is 0 Å². The molecule has 0 aliphatic carbocycles. The lowest BCUT2D eigenvalue weighted by Crippen LogP contribution is -2.40. The zero-order valence-corrected chi connectivity index (χ0v) is 12.8. The van der Waals surface area contributed by atoms with E-state index in [1.807, 2.05) is 0 Å². The second-order valence-electron chi connectivity index (χ2n) is 5.27. The van der Waals surface area contributed by atoms with Gasteiger partial charge in [0.1, 0.15) is 0 Å². The molecule has 1 fully saturated rings. The van der Waals surface area contributed by atoms with Crippen LogP contribution < -0.4 is 10.6 Å². The molecule has 0 radical (unpaired) electrons. The predicted octanol–water partition coefficient (Wildman–Crippen LogP) is 2.52. The maximum absolute atomic E-state index is 5.22. The SMILES string of the molecule is CCCCNC(=S)NCCCN1CCCCC1C. The molecule has 1 atom stereocenters. The second kappa shape index (κ2) is 9.56. The highest BCUT2D eigenvalue weighted by atomic mass is 32.1. The fraction of sp³-hybridized carbons (Fsp3) is 0.929. The van der Waals surface area contributed by atoms with Gasteiger partial charge in [0.25, 0.3) is 0 Å². The lowest BCUT2D eigenvalue weighted by Gasteiger charge is -2.33. The van der Waals surface area contributed by atoms with Crippen molar-refractivity contribution in [1.82, 2.24) is 15.5 Å². The number of hydrogen-bond acceptors (Lipinski definition) is 2. The minimum atomic E-state index is 0.772. The van der Waals surface area contributed by atoms with Crippen LogP contribution in [0.5, 0.6) is 0 Å². The molecule has 0 aromatic rings. The Labute approximate surface area is 118 Å². The van der Waals surface area contributed by atoms with E-state index in [2.05, 4.69) is 29.4 Å². The Hall–Kier alpha value is -0.350. The van der Waals surface area contributed by atoms with Gasteiger partial charge in [-0.1, -0.05) is 19.8 Å². The molecular formula is C14H29N3S. The van der Waals surface area contributed by atoms with E-state index in [4.69, 9.17) is 12.2 Å². The Morgan fingerprint density at radius 1 is 1.22 bits per heavy atom. The van der Waals surface area contributed by atoms with Crippen molar-refractivity contribution in [1.29, 1.82) is 0 Å². The van der Waals surface area contributed by atoms with Crippen molar-refractivity contribution in [3.05, 3.63) is 0 Å². The van der Waals surface area contributed by atoms with Gasteiger partial charge in [0.15, 0.2) is 5.11 Å². The molecule has 0 saturated carbocycles. The maximum Gasteiger partial charge on any atom is 0.166 e. The molecule has 1 aliphatic rings. The Kier molecular flexibility index (Phi) is 8.34. The second-order valence-corrected chi connectivity index (χ2v) is 5.68. The quantitative estimate of drug-likeness (QED) is 0.549. The summed E-state index contributed by atoms with van der Waals surface area (Å²) in [4.78, 5) is 2.61. The highest BCUT2D eigenvalue weighted by Gasteiger charge is 2.16. The summed E-state index contributed by atoms with van der Waals surface area (Å²) in [6, 6.07) is 0.772. The lowest BCUT2D eigenvalue weighted by atomic mass is 10.0. The van der Waals surface area contributed by atoms with Gasteiger partial charge in [-0.15, -0.1) is 0 Å². The van der Waals surface area contributed by atoms with E-state index in [-0.39, 0.29) is 0 Å². The van der Waals surface area contributed by atoms with E-state index in [1.165, 1.54) is 51.6 Å². The van der Waals surface area contributed by atoms with Crippen LogP contribution in [-0.2, 0) is 0 Å². The third kappa shape index (κ3) is 6.55. The maximum atomic E-state index is 5.22. The Morgan fingerprint density at radius 2 is 1.94 bits per heavy atom. The highest BCUT2D eigenvalue weighted by molar-refractivity contribution is 7.80. The first-order valence-corrected chi connectivity index (χ1v) is 7.90. The van der Waals surface area contributed by atoms with Gasteiger partial charge < -0.3 is 15.5 Å². The van der Waals surface area contributed by atoms with E-state index in [0.29, 0.717) is 0 Å². The molecule has 4 heteroatoms. The van der Waals surface area contributed by atoms with Gasteiger partial charge in [-0.3, -0.25) is 0 Å². The molecule has 1 aliphatic heterocycles. The molecule has 1 rings (SSSR count). The van der Waals surface area contributed by atoms with E-state index in [1.54, 1.807) is 0 Å². The van der Waals surface area contributed by atoms with Gasteiger partial charge in [0, 0.05) is 25.7 Å². The molecule has 0 aromatic carbocycles. The molecule has 0 amide bonds. The molecule has 106 valence electrons. The summed E-state index contributed by atoms with van der Waals surface area (Å²) in [7, 11) is 0. The minimum absolute atomic E-state index is 0.772. The molecule has 1 heterocycles. The van der Waals surface area contributed by atoms with Crippen LogP contribution in [0.15, 0.2) is 0 Å². The van der Waals surface area contributed by atoms with E-state index in [0.717, 1.165) is 24.2 Å². The normalized spacial score (nSPS) is 20.7. The van der Waals surface area contributed by atoms with Gasteiger partial charge in [-0.25, -0.2) is 0 Å². The number of nitrogens with one attached hydrogen (secondary N) is 2. The van der Waals surface area contributed by atoms with Crippen LogP contribution in [-0.4, -0.2) is 42.2 Å². The first kappa shape index (κ1) is 15.7. The first-order chi connectivity index (χ1) is 8.74. The monoisotopic (exact) mass is 271 g/mol. The van der Waals surface area contributed by atoms with Crippen molar-refractivity contribution >= 4 is 17.3 Å². The van der Waals surface area contributed by atoms with E-state index >= 15 is 0 Å². The smallest absolute Gasteiger partial charge is 0.166 e. The van der Waals surface area contributed by atoms with E-state index < -0.39 is 0 Å². The number of thiocarbonyl (C=S) groups is 1. The molecule has 18 heavy (non-hydrogen) atoms. The predicted molar refractivity (Wildman–Crippen MR) is 83.0 cm³/mol. The number of unbranched alkanes of at least 4 members (excludes halogenated alkanes) is 1. The summed E-state index contributed by atoms with van der Waals surface area (Å²) in [6.45, 7) is 9.00. The van der Waals surface area contributed by atoms with Gasteiger partial charge in [-0.2, -0.15) is 0 Å². The molecule has 3 nitrogen and oxygen atoms in total. The average Bonchev–Trinajstić information content (AvgIpc) is 2.37. The lowest BCUT2D eigenvalue weighted by molar-refractivity contribution is 0.159. The van der Waals surface area contributed by atoms with Crippen molar-refractivity contribution in [3.8, 4) is 0 Å². The van der Waals surface area contributed by atoms with Crippen molar-refractivity contribution < 1.29 is 0 Å². The van der Waals surface area contributed by atoms with Crippen molar-refractivity contribution in [2.45, 2.75) is 58.4 Å². The van der Waals surface area contributed by atoms with Crippen LogP contribution in [0.2, 0.25) is 0 Å². The third-order valence-electron chi connectivity index (χ3n) is 3.66. The van der Waals surface area contributed by atoms with Gasteiger partial charge >= 0.3 is 0 Å². The van der Waals surface area contributed by atoms with Gasteiger partial charge in [0.2, 0.25) is 0 Å². The van der Waals surface area contributed by atoms with Crippen LogP contribution in [0, 0.1) is 0 Å². The van der Waals surface area contributed by atoms with Crippen LogP contribution in [0.1, 0.15) is 52.4 Å². The van der Waals surface area contributed by atoms with Crippen LogP contribution >= 0.6 is 12.2 Å². The molecule has 0 aromatic heterocycles. The van der Waals surface area contributed by atoms with Crippen molar-refractivity contribution in [3.63, 3.8) is 0 Å².